The number of pyridine rings is 1. The van der Waals surface area contributed by atoms with E-state index < -0.39 is 11.5 Å². The van der Waals surface area contributed by atoms with E-state index in [4.69, 9.17) is 4.74 Å². The average Bonchev–Trinajstić information content (AvgIpc) is 2.51. The lowest BCUT2D eigenvalue weighted by molar-refractivity contribution is 0.0788. The van der Waals surface area contributed by atoms with E-state index >= 15 is 0 Å². The van der Waals surface area contributed by atoms with Crippen molar-refractivity contribution in [2.75, 3.05) is 0 Å². The van der Waals surface area contributed by atoms with Gasteiger partial charge in [0.05, 0.1) is 0 Å². The molecule has 22 heavy (non-hydrogen) atoms. The largest absolute Gasteiger partial charge is 0.483 e. The molecule has 0 aliphatic carbocycles. The quantitative estimate of drug-likeness (QED) is 0.946. The highest BCUT2D eigenvalue weighted by Gasteiger charge is 2.35. The Hall–Kier alpha value is -2.40. The van der Waals surface area contributed by atoms with Crippen LogP contribution < -0.4 is 10.2 Å². The summed E-state index contributed by atoms with van der Waals surface area (Å²) in [4.78, 5) is 12.2. The first-order chi connectivity index (χ1) is 10.5. The van der Waals surface area contributed by atoms with Crippen molar-refractivity contribution in [1.82, 2.24) is 4.68 Å². The molecule has 1 unspecified atom stereocenters. The summed E-state index contributed by atoms with van der Waals surface area (Å²) in [5.41, 5.74) is 0.543. The van der Waals surface area contributed by atoms with Gasteiger partial charge in [0, 0.05) is 23.9 Å². The molecule has 3 rings (SSSR count). The Labute approximate surface area is 128 Å². The summed E-state index contributed by atoms with van der Waals surface area (Å²) in [6.07, 6.45) is 2.36. The Morgan fingerprint density at radius 1 is 1.27 bits per heavy atom. The first kappa shape index (κ1) is 14.5. The summed E-state index contributed by atoms with van der Waals surface area (Å²) in [7, 11) is 0. The molecule has 0 saturated carbocycles. The second-order valence-corrected chi connectivity index (χ2v) is 5.98. The van der Waals surface area contributed by atoms with Crippen molar-refractivity contribution in [3.8, 4) is 5.75 Å². The van der Waals surface area contributed by atoms with E-state index in [1.54, 1.807) is 12.4 Å². The van der Waals surface area contributed by atoms with Crippen LogP contribution in [0.4, 0.5) is 0 Å². The number of aliphatic hydroxyl groups excluding tert-OH is 1. The molecule has 0 fully saturated rings. The zero-order valence-corrected chi connectivity index (χ0v) is 12.6. The minimum atomic E-state index is -0.857. The highest BCUT2D eigenvalue weighted by Crippen LogP contribution is 2.37. The lowest BCUT2D eigenvalue weighted by atomic mass is 9.84. The summed E-state index contributed by atoms with van der Waals surface area (Å²) in [5, 5.41) is 14.8. The Bertz CT molecular complexity index is 763. The maximum atomic E-state index is 12.2. The van der Waals surface area contributed by atoms with Gasteiger partial charge >= 0.3 is 0 Å². The third-order valence-corrected chi connectivity index (χ3v) is 3.77. The number of aromatic nitrogens is 1. The van der Waals surface area contributed by atoms with Gasteiger partial charge in [-0.05, 0) is 5.56 Å². The number of hydrogen-bond acceptors (Lipinski definition) is 4. The SMILES string of the molecule is CC1(C)C=Nn2ccc(=O)c(OCc3ccccc3)c2C1O. The fraction of sp³-hybridized carbons (Fsp3) is 0.294. The molecule has 1 aliphatic rings. The van der Waals surface area contributed by atoms with Gasteiger partial charge in [-0.15, -0.1) is 0 Å². The number of aliphatic hydroxyl groups is 1. The summed E-state index contributed by atoms with van der Waals surface area (Å²) in [6.45, 7) is 4.00. The number of fused-ring (bicyclic) bond motifs is 1. The van der Waals surface area contributed by atoms with Gasteiger partial charge in [-0.3, -0.25) is 4.79 Å². The normalized spacial score (nSPS) is 18.8. The Morgan fingerprint density at radius 2 is 2.00 bits per heavy atom. The number of hydrogen-bond donors (Lipinski definition) is 1. The molecule has 114 valence electrons. The van der Waals surface area contributed by atoms with Crippen molar-refractivity contribution in [3.05, 3.63) is 64.1 Å². The fourth-order valence-corrected chi connectivity index (χ4v) is 2.38. The smallest absolute Gasteiger partial charge is 0.223 e. The molecule has 0 saturated heterocycles. The van der Waals surface area contributed by atoms with Gasteiger partial charge in [-0.25, -0.2) is 4.68 Å². The predicted molar refractivity (Wildman–Crippen MR) is 84.1 cm³/mol. The van der Waals surface area contributed by atoms with Crippen LogP contribution in [0.3, 0.4) is 0 Å². The van der Waals surface area contributed by atoms with Crippen LogP contribution in [0.5, 0.6) is 5.75 Å². The van der Waals surface area contributed by atoms with Gasteiger partial charge in [0.15, 0.2) is 5.75 Å². The van der Waals surface area contributed by atoms with Crippen LogP contribution in [0.25, 0.3) is 0 Å². The molecule has 2 aromatic rings. The highest BCUT2D eigenvalue weighted by molar-refractivity contribution is 5.67. The van der Waals surface area contributed by atoms with Crippen molar-refractivity contribution in [3.63, 3.8) is 0 Å². The van der Waals surface area contributed by atoms with E-state index in [-0.39, 0.29) is 17.8 Å². The standard InChI is InChI=1S/C17H18N2O3/c1-17(2)11-18-19-9-8-13(20)15(14(19)16(17)21)22-10-12-6-4-3-5-7-12/h3-9,11,16,21H,10H2,1-2H3. The maximum absolute atomic E-state index is 12.2. The van der Waals surface area contributed by atoms with E-state index in [0.29, 0.717) is 5.69 Å². The van der Waals surface area contributed by atoms with Gasteiger partial charge in [-0.1, -0.05) is 44.2 Å². The van der Waals surface area contributed by atoms with Gasteiger partial charge in [-0.2, -0.15) is 5.10 Å². The van der Waals surface area contributed by atoms with E-state index in [9.17, 15) is 9.90 Å². The topological polar surface area (TPSA) is 63.8 Å². The molecule has 1 N–H and O–H groups in total. The van der Waals surface area contributed by atoms with Crippen LogP contribution in [0.1, 0.15) is 31.2 Å². The molecule has 0 radical (unpaired) electrons. The summed E-state index contributed by atoms with van der Waals surface area (Å²) in [5.74, 6) is 0.156. The van der Waals surface area contributed by atoms with Crippen LogP contribution in [-0.4, -0.2) is 16.0 Å². The first-order valence-electron chi connectivity index (χ1n) is 7.15. The van der Waals surface area contributed by atoms with Gasteiger partial charge < -0.3 is 9.84 Å². The van der Waals surface area contributed by atoms with Crippen molar-refractivity contribution in [1.29, 1.82) is 0 Å². The summed E-state index contributed by atoms with van der Waals surface area (Å²) < 4.78 is 7.22. The molecule has 2 heterocycles. The van der Waals surface area contributed by atoms with Gasteiger partial charge in [0.2, 0.25) is 5.43 Å². The van der Waals surface area contributed by atoms with Crippen molar-refractivity contribution in [2.24, 2.45) is 10.5 Å². The molecular formula is C17H18N2O3. The third-order valence-electron chi connectivity index (χ3n) is 3.77. The molecule has 1 aromatic carbocycles. The van der Waals surface area contributed by atoms with Crippen LogP contribution in [0, 0.1) is 5.41 Å². The monoisotopic (exact) mass is 298 g/mol. The molecule has 5 nitrogen and oxygen atoms in total. The van der Waals surface area contributed by atoms with Crippen molar-refractivity contribution >= 4 is 6.21 Å². The van der Waals surface area contributed by atoms with E-state index in [1.165, 1.54) is 10.7 Å². The minimum Gasteiger partial charge on any atom is -0.483 e. The lowest BCUT2D eigenvalue weighted by Gasteiger charge is -2.32. The highest BCUT2D eigenvalue weighted by atomic mass is 16.5. The first-order valence-corrected chi connectivity index (χ1v) is 7.15. The van der Waals surface area contributed by atoms with E-state index in [0.717, 1.165) is 5.56 Å². The minimum absolute atomic E-state index is 0.156. The second-order valence-electron chi connectivity index (χ2n) is 5.98. The second kappa shape index (κ2) is 5.42. The Morgan fingerprint density at radius 3 is 2.73 bits per heavy atom. The van der Waals surface area contributed by atoms with Crippen molar-refractivity contribution < 1.29 is 9.84 Å². The average molecular weight is 298 g/mol. The molecule has 1 atom stereocenters. The molecule has 0 amide bonds. The van der Waals surface area contributed by atoms with Crippen LogP contribution in [0.15, 0.2) is 52.5 Å². The molecule has 1 aromatic heterocycles. The molecular weight excluding hydrogens is 280 g/mol. The molecule has 1 aliphatic heterocycles. The number of benzene rings is 1. The number of ether oxygens (including phenoxy) is 1. The number of rotatable bonds is 3. The predicted octanol–water partition coefficient (Wildman–Crippen LogP) is 2.33. The van der Waals surface area contributed by atoms with Crippen LogP contribution in [-0.2, 0) is 6.61 Å². The molecule has 0 bridgehead atoms. The van der Waals surface area contributed by atoms with E-state index in [2.05, 4.69) is 5.10 Å². The number of nitrogens with zero attached hydrogens (tertiary/aromatic N) is 2. The summed E-state index contributed by atoms with van der Waals surface area (Å²) in [6, 6.07) is 11.0. The molecule has 5 heteroatoms. The van der Waals surface area contributed by atoms with Crippen LogP contribution >= 0.6 is 0 Å². The third kappa shape index (κ3) is 2.55. The maximum Gasteiger partial charge on any atom is 0.223 e. The fourth-order valence-electron chi connectivity index (χ4n) is 2.38. The van der Waals surface area contributed by atoms with Gasteiger partial charge in [0.25, 0.3) is 0 Å². The molecule has 0 spiro atoms. The van der Waals surface area contributed by atoms with E-state index in [1.807, 2.05) is 44.2 Å². The Balaban J connectivity index is 1.99. The zero-order chi connectivity index (χ0) is 15.7. The van der Waals surface area contributed by atoms with Gasteiger partial charge in [0.1, 0.15) is 18.4 Å². The van der Waals surface area contributed by atoms with Crippen molar-refractivity contribution in [2.45, 2.75) is 26.6 Å². The summed E-state index contributed by atoms with van der Waals surface area (Å²) >= 11 is 0. The van der Waals surface area contributed by atoms with Crippen LogP contribution in [0.2, 0.25) is 0 Å². The zero-order valence-electron chi connectivity index (χ0n) is 12.6. The Kier molecular flexibility index (Phi) is 3.58. The lowest BCUT2D eigenvalue weighted by Crippen LogP contribution is -2.32.